The Hall–Kier alpha value is -2.37. The zero-order chi connectivity index (χ0) is 18.1. The zero-order valence-corrected chi connectivity index (χ0v) is 15.7. The third kappa shape index (κ3) is 3.45. The molecule has 1 aromatic heterocycles. The van der Waals surface area contributed by atoms with Crippen LogP contribution in [0, 0.1) is 0 Å². The lowest BCUT2D eigenvalue weighted by atomic mass is 10.1. The first kappa shape index (κ1) is 17.1. The summed E-state index contributed by atoms with van der Waals surface area (Å²) in [6.07, 6.45) is 0.964. The van der Waals surface area contributed by atoms with Gasteiger partial charge >= 0.3 is 0 Å². The Bertz CT molecular complexity index is 953. The van der Waals surface area contributed by atoms with Crippen LogP contribution in [-0.2, 0) is 17.6 Å². The zero-order valence-electron chi connectivity index (χ0n) is 14.2. The van der Waals surface area contributed by atoms with Gasteiger partial charge in [-0.25, -0.2) is 4.98 Å². The van der Waals surface area contributed by atoms with E-state index in [1.807, 2.05) is 11.4 Å². The predicted octanol–water partition coefficient (Wildman–Crippen LogP) is 4.97. The number of nitrogens with zero attached hydrogens (tertiary/aromatic N) is 1. The summed E-state index contributed by atoms with van der Waals surface area (Å²) in [5, 5.41) is 6.02. The molecule has 2 heterocycles. The summed E-state index contributed by atoms with van der Waals surface area (Å²) in [6.45, 7) is 2.13. The van der Waals surface area contributed by atoms with Gasteiger partial charge in [-0.15, -0.1) is 11.3 Å². The number of rotatable bonds is 4. The summed E-state index contributed by atoms with van der Waals surface area (Å²) < 4.78 is 5.72. The fraction of sp³-hybridized carbons (Fsp3) is 0.200. The van der Waals surface area contributed by atoms with E-state index in [2.05, 4.69) is 41.5 Å². The van der Waals surface area contributed by atoms with E-state index in [1.165, 1.54) is 16.9 Å². The van der Waals surface area contributed by atoms with Crippen molar-refractivity contribution in [1.82, 2.24) is 4.98 Å². The standard InChI is InChI=1S/C20H17ClN2O2S/c1-2-12-3-5-13(6-4-12)16-11-26-20(22-16)23-19(24)18-10-14-9-15(21)7-8-17(14)25-18/h3-9,11,18H,2,10H2,1H3,(H,22,23,24). The van der Waals surface area contributed by atoms with E-state index >= 15 is 0 Å². The first-order valence-electron chi connectivity index (χ1n) is 8.43. The van der Waals surface area contributed by atoms with E-state index in [0.29, 0.717) is 22.3 Å². The highest BCUT2D eigenvalue weighted by Crippen LogP contribution is 2.32. The number of fused-ring (bicyclic) bond motifs is 1. The number of carbonyl (C=O) groups excluding carboxylic acids is 1. The summed E-state index contributed by atoms with van der Waals surface area (Å²) in [4.78, 5) is 17.0. The minimum Gasteiger partial charge on any atom is -0.480 e. The van der Waals surface area contributed by atoms with Crippen LogP contribution >= 0.6 is 22.9 Å². The molecule has 6 heteroatoms. The molecule has 1 aliphatic rings. The maximum absolute atomic E-state index is 12.5. The van der Waals surface area contributed by atoms with Gasteiger partial charge in [0, 0.05) is 22.4 Å². The lowest BCUT2D eigenvalue weighted by Gasteiger charge is -2.09. The Morgan fingerprint density at radius 1 is 1.31 bits per heavy atom. The molecule has 1 unspecified atom stereocenters. The SMILES string of the molecule is CCc1ccc(-c2csc(NC(=O)C3Cc4cc(Cl)ccc4O3)n2)cc1. The van der Waals surface area contributed by atoms with Gasteiger partial charge in [0.05, 0.1) is 5.69 Å². The minimum atomic E-state index is -0.556. The van der Waals surface area contributed by atoms with Crippen molar-refractivity contribution < 1.29 is 9.53 Å². The van der Waals surface area contributed by atoms with Crippen molar-refractivity contribution >= 4 is 34.0 Å². The number of carbonyl (C=O) groups is 1. The molecule has 1 atom stereocenters. The van der Waals surface area contributed by atoms with Crippen LogP contribution in [0.2, 0.25) is 5.02 Å². The number of ether oxygens (including phenoxy) is 1. The Kier molecular flexibility index (Phi) is 4.66. The van der Waals surface area contributed by atoms with Crippen LogP contribution in [-0.4, -0.2) is 17.0 Å². The van der Waals surface area contributed by atoms with E-state index in [-0.39, 0.29) is 5.91 Å². The molecule has 0 saturated carbocycles. The van der Waals surface area contributed by atoms with Crippen LogP contribution in [0.5, 0.6) is 5.75 Å². The topological polar surface area (TPSA) is 51.2 Å². The third-order valence-electron chi connectivity index (χ3n) is 4.38. The fourth-order valence-electron chi connectivity index (χ4n) is 2.92. The average molecular weight is 385 g/mol. The molecule has 0 fully saturated rings. The number of aromatic nitrogens is 1. The molecule has 3 aromatic rings. The molecule has 26 heavy (non-hydrogen) atoms. The second-order valence-corrected chi connectivity index (χ2v) is 7.43. The smallest absolute Gasteiger partial charge is 0.267 e. The molecule has 132 valence electrons. The normalized spacial score (nSPS) is 15.4. The molecule has 4 rings (SSSR count). The molecule has 0 bridgehead atoms. The van der Waals surface area contributed by atoms with Crippen molar-refractivity contribution in [1.29, 1.82) is 0 Å². The van der Waals surface area contributed by atoms with Crippen LogP contribution in [0.25, 0.3) is 11.3 Å². The largest absolute Gasteiger partial charge is 0.480 e. The highest BCUT2D eigenvalue weighted by molar-refractivity contribution is 7.14. The first-order valence-corrected chi connectivity index (χ1v) is 9.69. The molecular formula is C20H17ClN2O2S. The van der Waals surface area contributed by atoms with Crippen LogP contribution in [0.4, 0.5) is 5.13 Å². The predicted molar refractivity (Wildman–Crippen MR) is 105 cm³/mol. The van der Waals surface area contributed by atoms with Gasteiger partial charge in [-0.1, -0.05) is 42.8 Å². The van der Waals surface area contributed by atoms with Crippen molar-refractivity contribution in [3.05, 3.63) is 64.0 Å². The summed E-state index contributed by atoms with van der Waals surface area (Å²) >= 11 is 7.40. The van der Waals surface area contributed by atoms with Gasteiger partial charge in [-0.05, 0) is 35.7 Å². The van der Waals surface area contributed by atoms with Crippen molar-refractivity contribution in [2.75, 3.05) is 5.32 Å². The summed E-state index contributed by atoms with van der Waals surface area (Å²) in [5.41, 5.74) is 4.14. The number of benzene rings is 2. The maximum Gasteiger partial charge on any atom is 0.267 e. The molecule has 0 spiro atoms. The van der Waals surface area contributed by atoms with E-state index in [9.17, 15) is 4.79 Å². The molecule has 0 aliphatic carbocycles. The quantitative estimate of drug-likeness (QED) is 0.691. The minimum absolute atomic E-state index is 0.195. The number of hydrogen-bond acceptors (Lipinski definition) is 4. The van der Waals surface area contributed by atoms with Gasteiger partial charge in [0.2, 0.25) is 0 Å². The van der Waals surface area contributed by atoms with Crippen molar-refractivity contribution in [2.45, 2.75) is 25.9 Å². The monoisotopic (exact) mass is 384 g/mol. The second kappa shape index (κ2) is 7.09. The summed E-state index contributed by atoms with van der Waals surface area (Å²) in [5.74, 6) is 0.518. The lowest BCUT2D eigenvalue weighted by molar-refractivity contribution is -0.122. The Labute approximate surface area is 160 Å². The number of amides is 1. The number of anilines is 1. The number of halogens is 1. The first-order chi connectivity index (χ1) is 12.6. The maximum atomic E-state index is 12.5. The highest BCUT2D eigenvalue weighted by Gasteiger charge is 2.29. The Balaban J connectivity index is 1.43. The lowest BCUT2D eigenvalue weighted by Crippen LogP contribution is -2.31. The van der Waals surface area contributed by atoms with E-state index < -0.39 is 6.10 Å². The van der Waals surface area contributed by atoms with Gasteiger partial charge < -0.3 is 4.74 Å². The molecule has 0 saturated heterocycles. The molecule has 0 radical (unpaired) electrons. The van der Waals surface area contributed by atoms with E-state index in [4.69, 9.17) is 16.3 Å². The van der Waals surface area contributed by atoms with Gasteiger partial charge in [0.15, 0.2) is 11.2 Å². The van der Waals surface area contributed by atoms with Crippen LogP contribution < -0.4 is 10.1 Å². The Morgan fingerprint density at radius 2 is 2.12 bits per heavy atom. The highest BCUT2D eigenvalue weighted by atomic mass is 35.5. The van der Waals surface area contributed by atoms with Gasteiger partial charge in [-0.2, -0.15) is 0 Å². The molecule has 4 nitrogen and oxygen atoms in total. The molecular weight excluding hydrogens is 368 g/mol. The number of nitrogens with one attached hydrogen (secondary N) is 1. The van der Waals surface area contributed by atoms with Gasteiger partial charge in [0.25, 0.3) is 5.91 Å². The van der Waals surface area contributed by atoms with E-state index in [1.54, 1.807) is 12.1 Å². The van der Waals surface area contributed by atoms with Crippen LogP contribution in [0.15, 0.2) is 47.8 Å². The van der Waals surface area contributed by atoms with Crippen LogP contribution in [0.3, 0.4) is 0 Å². The molecule has 2 aromatic carbocycles. The van der Waals surface area contributed by atoms with Crippen LogP contribution in [0.1, 0.15) is 18.1 Å². The van der Waals surface area contributed by atoms with Gasteiger partial charge in [-0.3, -0.25) is 10.1 Å². The van der Waals surface area contributed by atoms with Crippen molar-refractivity contribution in [3.8, 4) is 17.0 Å². The summed E-state index contributed by atoms with van der Waals surface area (Å²) in [6, 6.07) is 13.7. The third-order valence-corrected chi connectivity index (χ3v) is 5.37. The van der Waals surface area contributed by atoms with E-state index in [0.717, 1.165) is 23.2 Å². The number of hydrogen-bond donors (Lipinski definition) is 1. The average Bonchev–Trinajstić information content (AvgIpc) is 3.28. The van der Waals surface area contributed by atoms with Crippen molar-refractivity contribution in [3.63, 3.8) is 0 Å². The number of aryl methyl sites for hydroxylation is 1. The second-order valence-electron chi connectivity index (χ2n) is 6.14. The Morgan fingerprint density at radius 3 is 2.88 bits per heavy atom. The molecule has 1 aliphatic heterocycles. The van der Waals surface area contributed by atoms with Gasteiger partial charge in [0.1, 0.15) is 5.75 Å². The summed E-state index contributed by atoms with van der Waals surface area (Å²) in [7, 11) is 0. The fourth-order valence-corrected chi connectivity index (χ4v) is 3.84. The molecule has 1 amide bonds. The number of thiazole rings is 1. The van der Waals surface area contributed by atoms with Crippen molar-refractivity contribution in [2.24, 2.45) is 0 Å². The molecule has 1 N–H and O–H groups in total.